The summed E-state index contributed by atoms with van der Waals surface area (Å²) < 4.78 is 24.3. The number of carbonyl (C=O) groups is 1. The number of benzene rings is 1. The summed E-state index contributed by atoms with van der Waals surface area (Å²) in [6.45, 7) is 2.00. The summed E-state index contributed by atoms with van der Waals surface area (Å²) in [6, 6.07) is 3.01. The Morgan fingerprint density at radius 1 is 1.27 bits per heavy atom. The highest BCUT2D eigenvalue weighted by Gasteiger charge is 1.97. The van der Waals surface area contributed by atoms with Gasteiger partial charge in [-0.1, -0.05) is 11.6 Å². The van der Waals surface area contributed by atoms with Gasteiger partial charge in [0, 0.05) is 6.07 Å². The van der Waals surface area contributed by atoms with Crippen molar-refractivity contribution in [3.05, 3.63) is 34.9 Å². The summed E-state index contributed by atoms with van der Waals surface area (Å²) in [7, 11) is 0. The van der Waals surface area contributed by atoms with Crippen LogP contribution in [0.15, 0.2) is 18.2 Å². The summed E-state index contributed by atoms with van der Waals surface area (Å²) >= 11 is 5.24. The molecule has 60 valence electrons. The van der Waals surface area contributed by atoms with Crippen molar-refractivity contribution in [2.24, 2.45) is 0 Å². The molecule has 0 aliphatic carbocycles. The quantitative estimate of drug-likeness (QED) is 0.558. The van der Waals surface area contributed by atoms with Crippen molar-refractivity contribution >= 4 is 18.4 Å². The predicted molar refractivity (Wildman–Crippen MR) is 38.5 cm³/mol. The van der Waals surface area contributed by atoms with Crippen LogP contribution < -0.4 is 0 Å². The average Bonchev–Trinajstić information content (AvgIpc) is 2.02. The molecule has 1 rings (SSSR count). The molecule has 0 atom stereocenters. The molecule has 0 fully saturated rings. The van der Waals surface area contributed by atoms with Crippen molar-refractivity contribution in [1.82, 2.24) is 0 Å². The normalized spacial score (nSPS) is 8.27. The molecule has 1 aromatic carbocycles. The van der Waals surface area contributed by atoms with Gasteiger partial charge in [-0.2, -0.15) is 0 Å². The molecule has 0 aromatic heterocycles. The Bertz CT molecular complexity index is 240. The summed E-state index contributed by atoms with van der Waals surface area (Å²) in [4.78, 5) is 8.00. The third-order valence-corrected chi connectivity index (χ3v) is 1.19. The number of carbonyl (C=O) groups excluding carboxylic acids is 1. The number of hydrogen-bond acceptors (Lipinski definition) is 1. The van der Waals surface area contributed by atoms with E-state index in [2.05, 4.69) is 0 Å². The lowest BCUT2D eigenvalue weighted by Crippen LogP contribution is -1.77. The lowest BCUT2D eigenvalue weighted by atomic mass is 10.3. The Hall–Kier alpha value is -0.960. The molecular weight excluding hydrogens is 174 g/mol. The standard InChI is InChI=1S/C6H3ClF2.CH2O/c7-5-2-1-4(8)3-6(5)9;1-2/h1-3H;1H2. The third-order valence-electron chi connectivity index (χ3n) is 0.882. The van der Waals surface area contributed by atoms with E-state index < -0.39 is 11.6 Å². The monoisotopic (exact) mass is 178 g/mol. The second-order valence-corrected chi connectivity index (χ2v) is 1.97. The minimum atomic E-state index is -0.725. The van der Waals surface area contributed by atoms with E-state index in [0.29, 0.717) is 0 Å². The Labute approximate surface area is 67.6 Å². The molecule has 0 heterocycles. The first-order valence-corrected chi connectivity index (χ1v) is 2.97. The highest BCUT2D eigenvalue weighted by atomic mass is 35.5. The van der Waals surface area contributed by atoms with Crippen molar-refractivity contribution in [2.75, 3.05) is 0 Å². The Balaban J connectivity index is 0.000000461. The second-order valence-electron chi connectivity index (χ2n) is 1.56. The summed E-state index contributed by atoms with van der Waals surface area (Å²) in [6.07, 6.45) is 0. The molecule has 0 radical (unpaired) electrons. The molecule has 0 saturated heterocycles. The number of rotatable bonds is 0. The molecule has 0 amide bonds. The molecule has 0 aliphatic heterocycles. The highest BCUT2D eigenvalue weighted by molar-refractivity contribution is 6.30. The van der Waals surface area contributed by atoms with Gasteiger partial charge in [-0.15, -0.1) is 0 Å². The fourth-order valence-corrected chi connectivity index (χ4v) is 0.588. The van der Waals surface area contributed by atoms with Gasteiger partial charge in [0.2, 0.25) is 0 Å². The van der Waals surface area contributed by atoms with Gasteiger partial charge in [0.05, 0.1) is 5.02 Å². The van der Waals surface area contributed by atoms with Crippen LogP contribution in [0.25, 0.3) is 0 Å². The van der Waals surface area contributed by atoms with E-state index in [9.17, 15) is 8.78 Å². The molecule has 0 N–H and O–H groups in total. The summed E-state index contributed by atoms with van der Waals surface area (Å²) in [5.41, 5.74) is 0. The predicted octanol–water partition coefficient (Wildman–Crippen LogP) is 2.43. The molecule has 0 spiro atoms. The third kappa shape index (κ3) is 3.09. The Morgan fingerprint density at radius 3 is 2.18 bits per heavy atom. The summed E-state index contributed by atoms with van der Waals surface area (Å²) in [5.74, 6) is -1.34. The lowest BCUT2D eigenvalue weighted by molar-refractivity contribution is -0.0979. The van der Waals surface area contributed by atoms with Gasteiger partial charge in [-0.25, -0.2) is 8.78 Å². The Morgan fingerprint density at radius 2 is 1.82 bits per heavy atom. The van der Waals surface area contributed by atoms with E-state index in [0.717, 1.165) is 12.1 Å². The molecule has 0 unspecified atom stereocenters. The van der Waals surface area contributed by atoms with E-state index in [1.165, 1.54) is 6.07 Å². The minimum Gasteiger partial charge on any atom is -0.307 e. The van der Waals surface area contributed by atoms with Crippen molar-refractivity contribution < 1.29 is 13.6 Å². The van der Waals surface area contributed by atoms with Crippen LogP contribution in [0, 0.1) is 11.6 Å². The molecule has 0 bridgehead atoms. The fourth-order valence-electron chi connectivity index (χ4n) is 0.470. The number of hydrogen-bond donors (Lipinski definition) is 0. The van der Waals surface area contributed by atoms with Gasteiger partial charge in [0.15, 0.2) is 0 Å². The van der Waals surface area contributed by atoms with Gasteiger partial charge in [0.25, 0.3) is 0 Å². The van der Waals surface area contributed by atoms with Crippen molar-refractivity contribution in [2.45, 2.75) is 0 Å². The van der Waals surface area contributed by atoms with E-state index in [-0.39, 0.29) is 5.02 Å². The first kappa shape index (κ1) is 10.0. The van der Waals surface area contributed by atoms with Gasteiger partial charge < -0.3 is 4.79 Å². The van der Waals surface area contributed by atoms with Gasteiger partial charge in [0.1, 0.15) is 18.4 Å². The van der Waals surface area contributed by atoms with Crippen LogP contribution in [0.2, 0.25) is 5.02 Å². The van der Waals surface area contributed by atoms with Crippen LogP contribution in [0.4, 0.5) is 8.78 Å². The van der Waals surface area contributed by atoms with Crippen LogP contribution in [0.1, 0.15) is 0 Å². The van der Waals surface area contributed by atoms with Gasteiger partial charge in [-0.3, -0.25) is 0 Å². The maximum atomic E-state index is 12.2. The average molecular weight is 179 g/mol. The number of halogens is 3. The van der Waals surface area contributed by atoms with E-state index in [1.54, 1.807) is 0 Å². The first-order chi connectivity index (χ1) is 5.20. The largest absolute Gasteiger partial charge is 0.307 e. The zero-order valence-electron chi connectivity index (χ0n) is 5.48. The van der Waals surface area contributed by atoms with Crippen molar-refractivity contribution in [3.63, 3.8) is 0 Å². The van der Waals surface area contributed by atoms with Crippen LogP contribution >= 0.6 is 11.6 Å². The lowest BCUT2D eigenvalue weighted by Gasteiger charge is -1.90. The molecule has 11 heavy (non-hydrogen) atoms. The first-order valence-electron chi connectivity index (χ1n) is 2.59. The van der Waals surface area contributed by atoms with Crippen molar-refractivity contribution in [1.29, 1.82) is 0 Å². The fraction of sp³-hybridized carbons (Fsp3) is 0. The molecule has 1 aromatic rings. The zero-order valence-corrected chi connectivity index (χ0v) is 6.24. The zero-order chi connectivity index (χ0) is 8.85. The maximum Gasteiger partial charge on any atom is 0.144 e. The van der Waals surface area contributed by atoms with Crippen molar-refractivity contribution in [3.8, 4) is 0 Å². The van der Waals surface area contributed by atoms with Crippen LogP contribution in [-0.2, 0) is 4.79 Å². The molecule has 0 aliphatic rings. The maximum absolute atomic E-state index is 12.2. The van der Waals surface area contributed by atoms with E-state index in [4.69, 9.17) is 16.4 Å². The van der Waals surface area contributed by atoms with Crippen LogP contribution in [-0.4, -0.2) is 6.79 Å². The topological polar surface area (TPSA) is 17.1 Å². The molecule has 0 saturated carbocycles. The van der Waals surface area contributed by atoms with Crippen LogP contribution in [0.5, 0.6) is 0 Å². The SMILES string of the molecule is C=O.Fc1ccc(Cl)c(F)c1. The molecule has 1 nitrogen and oxygen atoms in total. The second kappa shape index (κ2) is 4.79. The molecular formula is C7H5ClF2O. The van der Waals surface area contributed by atoms with E-state index in [1.807, 2.05) is 6.79 Å². The van der Waals surface area contributed by atoms with Gasteiger partial charge >= 0.3 is 0 Å². The molecule has 4 heteroatoms. The van der Waals surface area contributed by atoms with E-state index >= 15 is 0 Å². The minimum absolute atomic E-state index is 0.0589. The Kier molecular flexibility index (Phi) is 4.38. The smallest absolute Gasteiger partial charge is 0.144 e. The van der Waals surface area contributed by atoms with Gasteiger partial charge in [-0.05, 0) is 12.1 Å². The summed E-state index contributed by atoms with van der Waals surface area (Å²) in [5, 5.41) is -0.0589. The van der Waals surface area contributed by atoms with Crippen LogP contribution in [0.3, 0.4) is 0 Å². The highest BCUT2D eigenvalue weighted by Crippen LogP contribution is 2.13.